The second kappa shape index (κ2) is 7.01. The monoisotopic (exact) mass is 356 g/mol. The predicted molar refractivity (Wildman–Crippen MR) is 101 cm³/mol. The van der Waals surface area contributed by atoms with Gasteiger partial charge >= 0.3 is 0 Å². The molecule has 2 aliphatic rings. The van der Waals surface area contributed by atoms with Gasteiger partial charge in [-0.05, 0) is 48.5 Å². The molecule has 3 atom stereocenters. The zero-order valence-corrected chi connectivity index (χ0v) is 14.9. The van der Waals surface area contributed by atoms with E-state index in [9.17, 15) is 8.78 Å². The highest BCUT2D eigenvalue weighted by Gasteiger charge is 2.39. The van der Waals surface area contributed by atoms with E-state index in [-0.39, 0.29) is 23.9 Å². The minimum Gasteiger partial charge on any atom is -0.482 e. The Morgan fingerprint density at radius 2 is 2.00 bits per heavy atom. The molecule has 3 nitrogen and oxygen atoms in total. The minimum absolute atomic E-state index is 0.114. The van der Waals surface area contributed by atoms with E-state index in [1.54, 1.807) is 7.85 Å². The van der Waals surface area contributed by atoms with Crippen molar-refractivity contribution in [1.29, 1.82) is 0 Å². The summed E-state index contributed by atoms with van der Waals surface area (Å²) in [4.78, 5) is 2.37. The average Bonchev–Trinajstić information content (AvgIpc) is 2.96. The first-order valence-electron chi connectivity index (χ1n) is 9.22. The molecule has 1 heterocycles. The third-order valence-electron chi connectivity index (χ3n) is 5.54. The summed E-state index contributed by atoms with van der Waals surface area (Å²) >= 11 is 0. The summed E-state index contributed by atoms with van der Waals surface area (Å²) < 4.78 is 34.0. The maximum atomic E-state index is 14.4. The van der Waals surface area contributed by atoms with Gasteiger partial charge in [0, 0.05) is 18.7 Å². The molecule has 6 heteroatoms. The SMILES string of the molecule is Bc1cc(F)cc(F)c1O[C@@H]1c2ccccc2C[C@H]1N1CCC[C@@H](N)C1. The molecule has 0 amide bonds. The van der Waals surface area contributed by atoms with E-state index >= 15 is 0 Å². The first kappa shape index (κ1) is 17.5. The Bertz CT molecular complexity index is 793. The van der Waals surface area contributed by atoms with Crippen molar-refractivity contribution in [3.8, 4) is 5.75 Å². The molecule has 2 aromatic rings. The maximum Gasteiger partial charge on any atom is 0.167 e. The van der Waals surface area contributed by atoms with Gasteiger partial charge in [-0.2, -0.15) is 0 Å². The molecule has 1 aliphatic carbocycles. The van der Waals surface area contributed by atoms with E-state index in [4.69, 9.17) is 10.5 Å². The van der Waals surface area contributed by atoms with Gasteiger partial charge in [0.05, 0.1) is 6.04 Å². The molecule has 0 bridgehead atoms. The highest BCUT2D eigenvalue weighted by molar-refractivity contribution is 6.34. The zero-order chi connectivity index (χ0) is 18.3. The molecule has 0 aromatic heterocycles. The molecule has 0 saturated carbocycles. The number of hydrogen-bond donors (Lipinski definition) is 1. The number of fused-ring (bicyclic) bond motifs is 1. The molecule has 26 heavy (non-hydrogen) atoms. The fourth-order valence-electron chi connectivity index (χ4n) is 4.31. The van der Waals surface area contributed by atoms with Crippen molar-refractivity contribution in [3.05, 3.63) is 59.2 Å². The van der Waals surface area contributed by atoms with Crippen molar-refractivity contribution < 1.29 is 13.5 Å². The molecule has 2 N–H and O–H groups in total. The lowest BCUT2D eigenvalue weighted by Crippen LogP contribution is -2.50. The smallest absolute Gasteiger partial charge is 0.167 e. The van der Waals surface area contributed by atoms with Gasteiger partial charge < -0.3 is 10.5 Å². The van der Waals surface area contributed by atoms with Gasteiger partial charge in [0.2, 0.25) is 0 Å². The highest BCUT2D eigenvalue weighted by atomic mass is 19.1. The standard InChI is InChI=1S/C20H23BF2N2O/c21-16-9-13(22)10-17(23)20(16)26-19-15-6-2-1-4-12(15)8-18(19)25-7-3-5-14(24)11-25/h1-2,4,6,9-10,14,18-19H,3,5,7-8,11,21,24H2/t14-,18-,19-/m1/s1. The fourth-order valence-corrected chi connectivity index (χ4v) is 4.31. The first-order valence-corrected chi connectivity index (χ1v) is 9.22. The normalized spacial score (nSPS) is 25.9. The Kier molecular flexibility index (Phi) is 4.72. The van der Waals surface area contributed by atoms with Crippen LogP contribution in [0.3, 0.4) is 0 Å². The largest absolute Gasteiger partial charge is 0.482 e. The third-order valence-corrected chi connectivity index (χ3v) is 5.54. The number of hydrogen-bond acceptors (Lipinski definition) is 3. The lowest BCUT2D eigenvalue weighted by atomic mass is 9.94. The summed E-state index contributed by atoms with van der Waals surface area (Å²) in [6.07, 6.45) is 2.67. The van der Waals surface area contributed by atoms with E-state index < -0.39 is 11.6 Å². The summed E-state index contributed by atoms with van der Waals surface area (Å²) in [5.41, 5.74) is 8.96. The van der Waals surface area contributed by atoms with Crippen LogP contribution in [0.1, 0.15) is 30.1 Å². The number of benzene rings is 2. The summed E-state index contributed by atoms with van der Waals surface area (Å²) in [6.45, 7) is 1.79. The van der Waals surface area contributed by atoms with Gasteiger partial charge in [0.1, 0.15) is 25.5 Å². The third kappa shape index (κ3) is 3.24. The summed E-state index contributed by atoms with van der Waals surface area (Å²) in [7, 11) is 1.67. The Morgan fingerprint density at radius 1 is 1.19 bits per heavy atom. The van der Waals surface area contributed by atoms with Gasteiger partial charge in [-0.1, -0.05) is 24.3 Å². The van der Waals surface area contributed by atoms with Crippen LogP contribution in [0.25, 0.3) is 0 Å². The topological polar surface area (TPSA) is 38.5 Å². The van der Waals surface area contributed by atoms with Gasteiger partial charge in [0.15, 0.2) is 5.82 Å². The van der Waals surface area contributed by atoms with Crippen LogP contribution in [0.4, 0.5) is 8.78 Å². The van der Waals surface area contributed by atoms with Crippen LogP contribution >= 0.6 is 0 Å². The van der Waals surface area contributed by atoms with Crippen molar-refractivity contribution in [1.82, 2.24) is 4.90 Å². The Labute approximate surface area is 153 Å². The van der Waals surface area contributed by atoms with E-state index in [0.717, 1.165) is 44.0 Å². The van der Waals surface area contributed by atoms with E-state index in [1.165, 1.54) is 11.6 Å². The van der Waals surface area contributed by atoms with Gasteiger partial charge in [0.25, 0.3) is 0 Å². The molecule has 2 aromatic carbocycles. The number of nitrogens with two attached hydrogens (primary N) is 1. The van der Waals surface area contributed by atoms with Crippen LogP contribution in [0.15, 0.2) is 36.4 Å². The van der Waals surface area contributed by atoms with E-state index in [2.05, 4.69) is 11.0 Å². The zero-order valence-electron chi connectivity index (χ0n) is 14.9. The average molecular weight is 356 g/mol. The molecule has 0 radical (unpaired) electrons. The van der Waals surface area contributed by atoms with Crippen molar-refractivity contribution in [2.24, 2.45) is 5.73 Å². The lowest BCUT2D eigenvalue weighted by Gasteiger charge is -2.38. The molecular weight excluding hydrogens is 333 g/mol. The number of nitrogens with zero attached hydrogens (tertiary/aromatic N) is 1. The second-order valence-electron chi connectivity index (χ2n) is 7.44. The van der Waals surface area contributed by atoms with Gasteiger partial charge in [-0.3, -0.25) is 4.90 Å². The quantitative estimate of drug-likeness (QED) is 0.851. The van der Waals surface area contributed by atoms with Crippen LogP contribution in [0, 0.1) is 11.6 Å². The Balaban J connectivity index is 1.68. The Hall–Kier alpha value is -1.92. The molecule has 0 unspecified atom stereocenters. The van der Waals surface area contributed by atoms with Crippen LogP contribution in [0.5, 0.6) is 5.75 Å². The molecule has 1 saturated heterocycles. The van der Waals surface area contributed by atoms with Crippen LogP contribution in [-0.4, -0.2) is 37.9 Å². The minimum atomic E-state index is -0.652. The van der Waals surface area contributed by atoms with Crippen molar-refractivity contribution in [2.45, 2.75) is 37.5 Å². The number of halogens is 2. The van der Waals surface area contributed by atoms with Crippen LogP contribution in [0.2, 0.25) is 0 Å². The van der Waals surface area contributed by atoms with Gasteiger partial charge in [-0.15, -0.1) is 0 Å². The molecular formula is C20H23BF2N2O. The summed E-state index contributed by atoms with van der Waals surface area (Å²) in [6, 6.07) is 10.6. The predicted octanol–water partition coefficient (Wildman–Crippen LogP) is 1.69. The number of rotatable bonds is 3. The lowest BCUT2D eigenvalue weighted by molar-refractivity contribution is 0.0576. The first-order chi connectivity index (χ1) is 12.5. The van der Waals surface area contributed by atoms with Gasteiger partial charge in [-0.25, -0.2) is 8.78 Å². The molecule has 0 spiro atoms. The Morgan fingerprint density at radius 3 is 2.77 bits per heavy atom. The van der Waals surface area contributed by atoms with Crippen molar-refractivity contribution >= 4 is 13.3 Å². The second-order valence-corrected chi connectivity index (χ2v) is 7.44. The summed E-state index contributed by atoms with van der Waals surface area (Å²) in [5.74, 6) is -1.10. The fraction of sp³-hybridized carbons (Fsp3) is 0.400. The molecule has 1 fully saturated rings. The van der Waals surface area contributed by atoms with Crippen molar-refractivity contribution in [2.75, 3.05) is 13.1 Å². The molecule has 1 aliphatic heterocycles. The summed E-state index contributed by atoms with van der Waals surface area (Å²) in [5, 5.41) is 0. The van der Waals surface area contributed by atoms with Crippen LogP contribution < -0.4 is 15.9 Å². The molecule has 136 valence electrons. The number of ether oxygens (including phenoxy) is 1. The van der Waals surface area contributed by atoms with E-state index in [0.29, 0.717) is 5.46 Å². The molecule has 4 rings (SSSR count). The number of likely N-dealkylation sites (tertiary alicyclic amines) is 1. The van der Waals surface area contributed by atoms with Crippen LogP contribution in [-0.2, 0) is 6.42 Å². The van der Waals surface area contributed by atoms with Crippen molar-refractivity contribution in [3.63, 3.8) is 0 Å². The highest BCUT2D eigenvalue weighted by Crippen LogP contribution is 2.39. The maximum absolute atomic E-state index is 14.4. The number of piperidine rings is 1. The van der Waals surface area contributed by atoms with E-state index in [1.807, 2.05) is 18.2 Å².